The quantitative estimate of drug-likeness (QED) is 0.409. The Morgan fingerprint density at radius 1 is 1.03 bits per heavy atom. The van der Waals surface area contributed by atoms with Gasteiger partial charge in [0.15, 0.2) is 0 Å². The van der Waals surface area contributed by atoms with Crippen molar-refractivity contribution in [2.45, 2.75) is 31.3 Å². The van der Waals surface area contributed by atoms with Gasteiger partial charge >= 0.3 is 6.36 Å². The molecule has 1 saturated heterocycles. The van der Waals surface area contributed by atoms with Crippen molar-refractivity contribution < 1.29 is 22.3 Å². The van der Waals surface area contributed by atoms with Crippen LogP contribution in [0.25, 0.3) is 11.1 Å². The number of alkyl halides is 3. The lowest BCUT2D eigenvalue weighted by atomic mass is 9.86. The molecule has 0 bridgehead atoms. The van der Waals surface area contributed by atoms with E-state index in [1.807, 2.05) is 18.2 Å². The Morgan fingerprint density at radius 3 is 2.55 bits per heavy atom. The highest BCUT2D eigenvalue weighted by molar-refractivity contribution is 6.30. The maximum absolute atomic E-state index is 14.4. The maximum atomic E-state index is 14.4. The summed E-state index contributed by atoms with van der Waals surface area (Å²) in [5.41, 5.74) is 2.15. The maximum Gasteiger partial charge on any atom is 0.573 e. The zero-order valence-electron chi connectivity index (χ0n) is 17.6. The van der Waals surface area contributed by atoms with Crippen molar-refractivity contribution in [2.75, 3.05) is 13.1 Å². The smallest absolute Gasteiger partial charge is 0.405 e. The van der Waals surface area contributed by atoms with Gasteiger partial charge in [-0.15, -0.1) is 13.2 Å². The third kappa shape index (κ3) is 6.05. The molecule has 0 unspecified atom stereocenters. The number of piperidine rings is 1. The van der Waals surface area contributed by atoms with Crippen LogP contribution in [-0.4, -0.2) is 25.5 Å². The van der Waals surface area contributed by atoms with Gasteiger partial charge in [0.05, 0.1) is 0 Å². The molecule has 0 aliphatic carbocycles. The Bertz CT molecular complexity index is 1090. The Labute approximate surface area is 194 Å². The summed E-state index contributed by atoms with van der Waals surface area (Å²) in [6.07, 6.45) is -4.01. The molecule has 1 fully saturated rings. The summed E-state index contributed by atoms with van der Waals surface area (Å²) in [6.45, 7) is 1.72. The summed E-state index contributed by atoms with van der Waals surface area (Å²) >= 11 is 5.83. The summed E-state index contributed by atoms with van der Waals surface area (Å²) in [4.78, 5) is 0. The van der Waals surface area contributed by atoms with Gasteiger partial charge in [0.25, 0.3) is 0 Å². The first-order valence-corrected chi connectivity index (χ1v) is 11.0. The summed E-state index contributed by atoms with van der Waals surface area (Å²) in [6, 6.07) is 18.4. The molecule has 0 radical (unpaired) electrons. The van der Waals surface area contributed by atoms with Crippen molar-refractivity contribution >= 4 is 11.6 Å². The Hall–Kier alpha value is -2.61. The van der Waals surface area contributed by atoms with E-state index < -0.39 is 12.2 Å². The first kappa shape index (κ1) is 23.5. The SMILES string of the molecule is Fc1cc(Cl)ccc1-c1ccc(OC(F)(F)F)c(CN[C@H]2CCNC[C@H]2c2ccccc2)c1. The fourth-order valence-corrected chi connectivity index (χ4v) is 4.39. The van der Waals surface area contributed by atoms with Crippen molar-refractivity contribution in [3.63, 3.8) is 0 Å². The van der Waals surface area contributed by atoms with E-state index in [1.165, 1.54) is 36.4 Å². The van der Waals surface area contributed by atoms with E-state index in [9.17, 15) is 17.6 Å². The molecule has 2 atom stereocenters. The van der Waals surface area contributed by atoms with Gasteiger partial charge in [0, 0.05) is 41.2 Å². The topological polar surface area (TPSA) is 33.3 Å². The molecule has 3 aromatic carbocycles. The van der Waals surface area contributed by atoms with Crippen molar-refractivity contribution in [3.05, 3.63) is 88.7 Å². The van der Waals surface area contributed by atoms with Crippen LogP contribution < -0.4 is 15.4 Å². The molecule has 0 spiro atoms. The monoisotopic (exact) mass is 478 g/mol. The zero-order chi connectivity index (χ0) is 23.4. The van der Waals surface area contributed by atoms with E-state index in [2.05, 4.69) is 27.5 Å². The van der Waals surface area contributed by atoms with Gasteiger partial charge in [-0.05, 0) is 54.4 Å². The van der Waals surface area contributed by atoms with Crippen LogP contribution in [0.2, 0.25) is 5.02 Å². The molecule has 1 aliphatic rings. The molecule has 1 heterocycles. The second-order valence-electron chi connectivity index (χ2n) is 7.99. The highest BCUT2D eigenvalue weighted by atomic mass is 35.5. The van der Waals surface area contributed by atoms with Crippen LogP contribution in [0.1, 0.15) is 23.5 Å². The van der Waals surface area contributed by atoms with Crippen molar-refractivity contribution in [3.8, 4) is 16.9 Å². The molecule has 33 heavy (non-hydrogen) atoms. The first-order valence-electron chi connectivity index (χ1n) is 10.6. The van der Waals surface area contributed by atoms with E-state index in [-0.39, 0.29) is 34.8 Å². The molecule has 0 saturated carbocycles. The number of hydrogen-bond donors (Lipinski definition) is 2. The van der Waals surface area contributed by atoms with E-state index in [1.54, 1.807) is 0 Å². The third-order valence-corrected chi connectivity index (χ3v) is 6.03. The zero-order valence-corrected chi connectivity index (χ0v) is 18.4. The lowest BCUT2D eigenvalue weighted by molar-refractivity contribution is -0.274. The third-order valence-electron chi connectivity index (χ3n) is 5.79. The van der Waals surface area contributed by atoms with Crippen molar-refractivity contribution in [2.24, 2.45) is 0 Å². The molecule has 174 valence electrons. The largest absolute Gasteiger partial charge is 0.573 e. The van der Waals surface area contributed by atoms with Gasteiger partial charge in [-0.3, -0.25) is 0 Å². The highest BCUT2D eigenvalue weighted by Crippen LogP contribution is 2.33. The minimum atomic E-state index is -4.83. The number of ether oxygens (including phenoxy) is 1. The standard InChI is InChI=1S/C25H23ClF4N2O/c26-19-7-8-20(22(27)13-19)17-6-9-24(33-25(28,29)30)18(12-17)14-32-23-10-11-31-15-21(23)16-4-2-1-3-5-16/h1-9,12-13,21,23,31-32H,10-11,14-15H2/t21-,23-/m0/s1. The van der Waals surface area contributed by atoms with Crippen LogP contribution in [0.3, 0.4) is 0 Å². The molecule has 4 rings (SSSR count). The molecule has 1 aliphatic heterocycles. The summed E-state index contributed by atoms with van der Waals surface area (Å²) < 4.78 is 57.7. The highest BCUT2D eigenvalue weighted by Gasteiger charge is 2.32. The Balaban J connectivity index is 1.61. The van der Waals surface area contributed by atoms with Gasteiger partial charge in [-0.25, -0.2) is 4.39 Å². The second-order valence-corrected chi connectivity index (χ2v) is 8.43. The molecule has 0 aromatic heterocycles. The lowest BCUT2D eigenvalue weighted by Gasteiger charge is -2.33. The predicted molar refractivity (Wildman–Crippen MR) is 121 cm³/mol. The molecule has 3 nitrogen and oxygen atoms in total. The number of nitrogens with one attached hydrogen (secondary N) is 2. The predicted octanol–water partition coefficient (Wildman–Crippen LogP) is 6.28. The average Bonchev–Trinajstić information content (AvgIpc) is 2.78. The Kier molecular flexibility index (Phi) is 7.22. The number of benzene rings is 3. The van der Waals surface area contributed by atoms with Crippen LogP contribution >= 0.6 is 11.6 Å². The fourth-order valence-electron chi connectivity index (χ4n) is 4.23. The minimum absolute atomic E-state index is 0.0586. The summed E-state index contributed by atoms with van der Waals surface area (Å²) in [7, 11) is 0. The molecular formula is C25H23ClF4N2O. The number of hydrogen-bond acceptors (Lipinski definition) is 3. The Morgan fingerprint density at radius 2 is 1.82 bits per heavy atom. The van der Waals surface area contributed by atoms with E-state index in [0.717, 1.165) is 25.1 Å². The average molecular weight is 479 g/mol. The van der Waals surface area contributed by atoms with Crippen LogP contribution in [-0.2, 0) is 6.54 Å². The van der Waals surface area contributed by atoms with Gasteiger partial charge in [0.1, 0.15) is 11.6 Å². The van der Waals surface area contributed by atoms with Crippen molar-refractivity contribution in [1.29, 1.82) is 0 Å². The molecule has 2 N–H and O–H groups in total. The van der Waals surface area contributed by atoms with Gasteiger partial charge in [-0.2, -0.15) is 0 Å². The number of rotatable bonds is 6. The van der Waals surface area contributed by atoms with Gasteiger partial charge in [-0.1, -0.05) is 48.0 Å². The van der Waals surface area contributed by atoms with E-state index in [0.29, 0.717) is 11.1 Å². The van der Waals surface area contributed by atoms with Gasteiger partial charge in [0.2, 0.25) is 0 Å². The van der Waals surface area contributed by atoms with Crippen molar-refractivity contribution in [1.82, 2.24) is 10.6 Å². The minimum Gasteiger partial charge on any atom is -0.405 e. The van der Waals surface area contributed by atoms with Gasteiger partial charge < -0.3 is 15.4 Å². The second kappa shape index (κ2) is 10.1. The normalized spacial score (nSPS) is 18.8. The molecule has 0 amide bonds. The summed E-state index contributed by atoms with van der Waals surface area (Å²) in [5.74, 6) is -0.685. The van der Waals surface area contributed by atoms with Crippen LogP contribution in [0.5, 0.6) is 5.75 Å². The van der Waals surface area contributed by atoms with E-state index in [4.69, 9.17) is 11.6 Å². The molecular weight excluding hydrogens is 456 g/mol. The van der Waals surface area contributed by atoms with E-state index >= 15 is 0 Å². The molecule has 3 aromatic rings. The summed E-state index contributed by atoms with van der Waals surface area (Å²) in [5, 5.41) is 7.04. The van der Waals surface area contributed by atoms with Crippen LogP contribution in [0.4, 0.5) is 17.6 Å². The first-order chi connectivity index (χ1) is 15.8. The van der Waals surface area contributed by atoms with Crippen LogP contribution in [0.15, 0.2) is 66.7 Å². The molecule has 8 heteroatoms. The fraction of sp³-hybridized carbons (Fsp3) is 0.280. The van der Waals surface area contributed by atoms with Crippen LogP contribution in [0, 0.1) is 5.82 Å². The number of halogens is 5. The lowest BCUT2D eigenvalue weighted by Crippen LogP contribution is -2.45.